The number of hydrogen-bond donors (Lipinski definition) is 2. The highest BCUT2D eigenvalue weighted by molar-refractivity contribution is 5.94. The normalized spacial score (nSPS) is 17.2. The number of ether oxygens (including phenoxy) is 1. The van der Waals surface area contributed by atoms with Gasteiger partial charge in [0.1, 0.15) is 0 Å². The number of hydrogen-bond acceptors (Lipinski definition) is 4. The molecule has 0 saturated carbocycles. The van der Waals surface area contributed by atoms with Gasteiger partial charge in [-0.1, -0.05) is 17.7 Å². The summed E-state index contributed by atoms with van der Waals surface area (Å²) in [5, 5.41) is 5.51. The van der Waals surface area contributed by atoms with E-state index in [-0.39, 0.29) is 12.1 Å². The third-order valence-electron chi connectivity index (χ3n) is 4.18. The first-order valence-electron chi connectivity index (χ1n) is 8.64. The van der Waals surface area contributed by atoms with Gasteiger partial charge in [0.15, 0.2) is 0 Å². The van der Waals surface area contributed by atoms with Crippen LogP contribution < -0.4 is 15.5 Å². The fraction of sp³-hybridized carbons (Fsp3) is 0.474. The number of carbonyl (C=O) groups is 2. The summed E-state index contributed by atoms with van der Waals surface area (Å²) in [7, 11) is 0. The first kappa shape index (κ1) is 18.8. The molecule has 136 valence electrons. The first-order chi connectivity index (χ1) is 11.8. The van der Waals surface area contributed by atoms with Crippen molar-refractivity contribution in [1.29, 1.82) is 0 Å². The first-order valence-corrected chi connectivity index (χ1v) is 8.64. The van der Waals surface area contributed by atoms with Gasteiger partial charge in [-0.05, 0) is 46.8 Å². The molecule has 1 aliphatic heterocycles. The lowest BCUT2D eigenvalue weighted by molar-refractivity contribution is -0.139. The fourth-order valence-electron chi connectivity index (χ4n) is 2.88. The average Bonchev–Trinajstić information content (AvgIpc) is 2.53. The Morgan fingerprint density at radius 1 is 1.28 bits per heavy atom. The Morgan fingerprint density at radius 2 is 1.92 bits per heavy atom. The highest BCUT2D eigenvalue weighted by Crippen LogP contribution is 2.22. The van der Waals surface area contributed by atoms with Gasteiger partial charge in [0.2, 0.25) is 0 Å². The van der Waals surface area contributed by atoms with Crippen LogP contribution in [0.3, 0.4) is 0 Å². The van der Waals surface area contributed by atoms with Crippen molar-refractivity contribution < 1.29 is 14.3 Å². The lowest BCUT2D eigenvalue weighted by Crippen LogP contribution is -2.51. The molecule has 2 rings (SSSR count). The van der Waals surface area contributed by atoms with E-state index < -0.39 is 12.0 Å². The van der Waals surface area contributed by atoms with Gasteiger partial charge in [-0.3, -0.25) is 0 Å². The number of nitrogens with one attached hydrogen (secondary N) is 2. The van der Waals surface area contributed by atoms with E-state index in [2.05, 4.69) is 41.5 Å². The molecule has 25 heavy (non-hydrogen) atoms. The van der Waals surface area contributed by atoms with E-state index in [1.165, 1.54) is 5.56 Å². The van der Waals surface area contributed by atoms with Crippen molar-refractivity contribution in [1.82, 2.24) is 10.6 Å². The quantitative estimate of drug-likeness (QED) is 0.778. The molecule has 1 aromatic rings. The van der Waals surface area contributed by atoms with Crippen LogP contribution >= 0.6 is 0 Å². The molecule has 0 bridgehead atoms. The SMILES string of the molecule is CCOC(=O)C1=C(CN(c2ccc(C)cc2)C(C)C)NC(=O)NC1C. The van der Waals surface area contributed by atoms with E-state index in [4.69, 9.17) is 4.74 Å². The summed E-state index contributed by atoms with van der Waals surface area (Å²) in [5.41, 5.74) is 3.28. The third kappa shape index (κ3) is 4.53. The summed E-state index contributed by atoms with van der Waals surface area (Å²) in [5.74, 6) is -0.398. The molecule has 1 unspecified atom stereocenters. The Labute approximate surface area is 149 Å². The molecule has 6 heteroatoms. The van der Waals surface area contributed by atoms with E-state index in [1.807, 2.05) is 19.1 Å². The van der Waals surface area contributed by atoms with Crippen molar-refractivity contribution in [2.24, 2.45) is 0 Å². The molecule has 0 fully saturated rings. The monoisotopic (exact) mass is 345 g/mol. The molecule has 0 spiro atoms. The predicted molar refractivity (Wildman–Crippen MR) is 98.4 cm³/mol. The maximum atomic E-state index is 12.4. The van der Waals surface area contributed by atoms with E-state index in [0.29, 0.717) is 24.4 Å². The molecule has 0 aliphatic carbocycles. The van der Waals surface area contributed by atoms with Crippen LogP contribution in [0.1, 0.15) is 33.3 Å². The van der Waals surface area contributed by atoms with Crippen molar-refractivity contribution >= 4 is 17.7 Å². The molecular formula is C19H27N3O3. The lowest BCUT2D eigenvalue weighted by atomic mass is 10.0. The Morgan fingerprint density at radius 3 is 2.48 bits per heavy atom. The maximum Gasteiger partial charge on any atom is 0.337 e. The van der Waals surface area contributed by atoms with Crippen molar-refractivity contribution in [3.05, 3.63) is 41.1 Å². The van der Waals surface area contributed by atoms with Crippen LogP contribution in [-0.2, 0) is 9.53 Å². The van der Waals surface area contributed by atoms with Gasteiger partial charge in [-0.2, -0.15) is 0 Å². The van der Waals surface area contributed by atoms with Gasteiger partial charge in [-0.25, -0.2) is 9.59 Å². The minimum Gasteiger partial charge on any atom is -0.463 e. The van der Waals surface area contributed by atoms with Crippen LogP contribution in [0.5, 0.6) is 0 Å². The largest absolute Gasteiger partial charge is 0.463 e. The summed E-state index contributed by atoms with van der Waals surface area (Å²) in [6, 6.07) is 7.70. The number of urea groups is 1. The fourth-order valence-corrected chi connectivity index (χ4v) is 2.88. The van der Waals surface area contributed by atoms with Crippen LogP contribution in [0.15, 0.2) is 35.5 Å². The smallest absolute Gasteiger partial charge is 0.337 e. The summed E-state index contributed by atoms with van der Waals surface area (Å²) < 4.78 is 5.17. The molecule has 2 amide bonds. The summed E-state index contributed by atoms with van der Waals surface area (Å²) in [6.07, 6.45) is 0. The summed E-state index contributed by atoms with van der Waals surface area (Å²) in [4.78, 5) is 26.4. The minimum absolute atomic E-state index is 0.195. The van der Waals surface area contributed by atoms with E-state index in [0.717, 1.165) is 5.69 Å². The highest BCUT2D eigenvalue weighted by atomic mass is 16.5. The zero-order chi connectivity index (χ0) is 18.6. The number of rotatable bonds is 6. The second kappa shape index (κ2) is 8.05. The van der Waals surface area contributed by atoms with Crippen LogP contribution in [0, 0.1) is 6.92 Å². The predicted octanol–water partition coefficient (Wildman–Crippen LogP) is 2.73. The Balaban J connectivity index is 2.38. The molecule has 1 heterocycles. The molecule has 0 saturated heterocycles. The van der Waals surface area contributed by atoms with Gasteiger partial charge in [0.25, 0.3) is 0 Å². The highest BCUT2D eigenvalue weighted by Gasteiger charge is 2.31. The van der Waals surface area contributed by atoms with Crippen LogP contribution in [0.25, 0.3) is 0 Å². The number of carbonyl (C=O) groups excluding carboxylic acids is 2. The molecule has 1 aliphatic rings. The van der Waals surface area contributed by atoms with Crippen molar-refractivity contribution in [2.75, 3.05) is 18.1 Å². The van der Waals surface area contributed by atoms with Gasteiger partial charge in [0, 0.05) is 11.7 Å². The van der Waals surface area contributed by atoms with Gasteiger partial charge in [0.05, 0.1) is 30.5 Å². The van der Waals surface area contributed by atoms with Gasteiger partial charge < -0.3 is 20.3 Å². The zero-order valence-electron chi connectivity index (χ0n) is 15.6. The van der Waals surface area contributed by atoms with E-state index in [1.54, 1.807) is 13.8 Å². The lowest BCUT2D eigenvalue weighted by Gasteiger charge is -2.34. The minimum atomic E-state index is -0.398. The third-order valence-corrected chi connectivity index (χ3v) is 4.18. The number of anilines is 1. The number of nitrogens with zero attached hydrogens (tertiary/aromatic N) is 1. The molecule has 1 atom stereocenters. The van der Waals surface area contributed by atoms with Gasteiger partial charge in [-0.15, -0.1) is 0 Å². The van der Waals surface area contributed by atoms with Crippen molar-refractivity contribution in [3.8, 4) is 0 Å². The molecular weight excluding hydrogens is 318 g/mol. The van der Waals surface area contributed by atoms with Crippen molar-refractivity contribution in [3.63, 3.8) is 0 Å². The molecule has 2 N–H and O–H groups in total. The van der Waals surface area contributed by atoms with E-state index in [9.17, 15) is 9.59 Å². The zero-order valence-corrected chi connectivity index (χ0v) is 15.6. The number of aryl methyl sites for hydroxylation is 1. The number of esters is 1. The Kier molecular flexibility index (Phi) is 6.07. The Bertz CT molecular complexity index is 665. The molecule has 0 radical (unpaired) electrons. The van der Waals surface area contributed by atoms with Crippen molar-refractivity contribution in [2.45, 2.75) is 46.7 Å². The molecule has 6 nitrogen and oxygen atoms in total. The standard InChI is InChI=1S/C19H27N3O3/c1-6-25-18(23)17-14(5)20-19(24)21-16(17)11-22(12(2)3)15-9-7-13(4)8-10-15/h7-10,12,14H,6,11H2,1-5H3,(H2,20,21,24). The summed E-state index contributed by atoms with van der Waals surface area (Å²) in [6.45, 7) is 10.5. The Hall–Kier alpha value is -2.50. The van der Waals surface area contributed by atoms with E-state index >= 15 is 0 Å². The topological polar surface area (TPSA) is 70.7 Å². The second-order valence-electron chi connectivity index (χ2n) is 6.49. The van der Waals surface area contributed by atoms with Gasteiger partial charge >= 0.3 is 12.0 Å². The number of benzene rings is 1. The molecule has 0 aromatic heterocycles. The van der Waals surface area contributed by atoms with Crippen LogP contribution in [-0.4, -0.2) is 37.2 Å². The summed E-state index contributed by atoms with van der Waals surface area (Å²) >= 11 is 0. The second-order valence-corrected chi connectivity index (χ2v) is 6.49. The van der Waals surface area contributed by atoms with Crippen LogP contribution in [0.2, 0.25) is 0 Å². The number of amides is 2. The average molecular weight is 345 g/mol. The maximum absolute atomic E-state index is 12.4. The molecule has 1 aromatic carbocycles. The van der Waals surface area contributed by atoms with Crippen LogP contribution in [0.4, 0.5) is 10.5 Å².